The summed E-state index contributed by atoms with van der Waals surface area (Å²) in [6.45, 7) is 6.20. The first-order valence-corrected chi connectivity index (χ1v) is 9.86. The first kappa shape index (κ1) is 18.5. The van der Waals surface area contributed by atoms with Gasteiger partial charge < -0.3 is 9.80 Å². The molecule has 0 N–H and O–H groups in total. The van der Waals surface area contributed by atoms with Crippen LogP contribution in [0, 0.1) is 5.92 Å². The Morgan fingerprint density at radius 2 is 1.88 bits per heavy atom. The van der Waals surface area contributed by atoms with Crippen molar-refractivity contribution in [3.05, 3.63) is 66.4 Å². The number of rotatable bonds is 4. The van der Waals surface area contributed by atoms with E-state index in [-0.39, 0.29) is 11.9 Å². The highest BCUT2D eigenvalue weighted by atomic mass is 16.2. The van der Waals surface area contributed by atoms with Crippen LogP contribution >= 0.6 is 0 Å². The second kappa shape index (κ2) is 8.88. The third kappa shape index (κ3) is 4.46. The Morgan fingerprint density at radius 1 is 1.15 bits per heavy atom. The fourth-order valence-electron chi connectivity index (χ4n) is 3.80. The maximum absolute atomic E-state index is 12.6. The van der Waals surface area contributed by atoms with Gasteiger partial charge in [-0.25, -0.2) is 0 Å². The molecule has 3 nitrogen and oxygen atoms in total. The van der Waals surface area contributed by atoms with Gasteiger partial charge in [-0.15, -0.1) is 0 Å². The van der Waals surface area contributed by atoms with E-state index in [4.69, 9.17) is 0 Å². The van der Waals surface area contributed by atoms with E-state index in [0.29, 0.717) is 12.3 Å². The lowest BCUT2D eigenvalue weighted by atomic mass is 9.99. The van der Waals surface area contributed by atoms with Crippen molar-refractivity contribution in [1.29, 1.82) is 0 Å². The predicted molar refractivity (Wildman–Crippen MR) is 109 cm³/mol. The van der Waals surface area contributed by atoms with Gasteiger partial charge in [0.15, 0.2) is 0 Å². The van der Waals surface area contributed by atoms with Crippen LogP contribution in [0.3, 0.4) is 0 Å². The van der Waals surface area contributed by atoms with Crippen LogP contribution in [0.2, 0.25) is 0 Å². The zero-order valence-corrected chi connectivity index (χ0v) is 16.0. The summed E-state index contributed by atoms with van der Waals surface area (Å²) in [7, 11) is 0. The summed E-state index contributed by atoms with van der Waals surface area (Å²) in [5.41, 5.74) is 2.36. The monoisotopic (exact) mass is 350 g/mol. The number of benzene rings is 1. The third-order valence-corrected chi connectivity index (χ3v) is 5.32. The molecule has 0 spiro atoms. The molecule has 138 valence electrons. The van der Waals surface area contributed by atoms with Crippen LogP contribution < -0.4 is 4.90 Å². The topological polar surface area (TPSA) is 23.6 Å². The molecule has 3 rings (SSSR count). The lowest BCUT2D eigenvalue weighted by molar-refractivity contribution is -0.119. The number of para-hydroxylation sites is 1. The first-order valence-electron chi connectivity index (χ1n) is 9.86. The molecule has 1 aliphatic heterocycles. The molecule has 0 saturated carbocycles. The van der Waals surface area contributed by atoms with Crippen molar-refractivity contribution in [2.45, 2.75) is 45.6 Å². The summed E-state index contributed by atoms with van der Waals surface area (Å²) >= 11 is 0. The van der Waals surface area contributed by atoms with Crippen molar-refractivity contribution in [3.8, 4) is 0 Å². The summed E-state index contributed by atoms with van der Waals surface area (Å²) < 4.78 is 0. The second-order valence-corrected chi connectivity index (χ2v) is 7.26. The second-order valence-electron chi connectivity index (χ2n) is 7.26. The number of hydrogen-bond donors (Lipinski definition) is 0. The van der Waals surface area contributed by atoms with Crippen LogP contribution in [-0.4, -0.2) is 29.9 Å². The van der Waals surface area contributed by atoms with Crippen molar-refractivity contribution >= 4 is 11.6 Å². The number of anilines is 1. The Labute approximate surface area is 157 Å². The third-order valence-electron chi connectivity index (χ3n) is 5.32. The van der Waals surface area contributed by atoms with Gasteiger partial charge in [-0.1, -0.05) is 56.4 Å². The van der Waals surface area contributed by atoms with Crippen molar-refractivity contribution in [2.24, 2.45) is 5.92 Å². The molecule has 0 bridgehead atoms. The van der Waals surface area contributed by atoms with Crippen LogP contribution in [-0.2, 0) is 4.79 Å². The lowest BCUT2D eigenvalue weighted by Gasteiger charge is -2.40. The Hall–Kier alpha value is -2.29. The zero-order chi connectivity index (χ0) is 18.4. The Balaban J connectivity index is 1.69. The van der Waals surface area contributed by atoms with Gasteiger partial charge in [0.25, 0.3) is 0 Å². The van der Waals surface area contributed by atoms with Gasteiger partial charge >= 0.3 is 0 Å². The molecule has 1 aliphatic carbocycles. The van der Waals surface area contributed by atoms with Crippen LogP contribution in [0.15, 0.2) is 66.4 Å². The summed E-state index contributed by atoms with van der Waals surface area (Å²) in [6, 6.07) is 10.4. The highest BCUT2D eigenvalue weighted by Crippen LogP contribution is 2.27. The fourth-order valence-corrected chi connectivity index (χ4v) is 3.80. The number of piperidine rings is 1. The minimum Gasteiger partial charge on any atom is -0.372 e. The Morgan fingerprint density at radius 3 is 2.58 bits per heavy atom. The van der Waals surface area contributed by atoms with Gasteiger partial charge in [-0.3, -0.25) is 4.79 Å². The van der Waals surface area contributed by atoms with Gasteiger partial charge in [0.2, 0.25) is 5.91 Å². The smallest absolute Gasteiger partial charge is 0.226 e. The first-order chi connectivity index (χ1) is 12.7. The van der Waals surface area contributed by atoms with Gasteiger partial charge in [0.05, 0.1) is 0 Å². The molecule has 1 heterocycles. The number of amides is 1. The molecule has 26 heavy (non-hydrogen) atoms. The van der Waals surface area contributed by atoms with E-state index in [1.54, 1.807) is 0 Å². The van der Waals surface area contributed by atoms with Crippen molar-refractivity contribution in [1.82, 2.24) is 4.90 Å². The minimum atomic E-state index is 0.221. The molecule has 1 aromatic carbocycles. The van der Waals surface area contributed by atoms with E-state index in [1.807, 2.05) is 42.2 Å². The number of carbonyl (C=O) groups is 1. The number of hydrogen-bond acceptors (Lipinski definition) is 2. The van der Waals surface area contributed by atoms with Gasteiger partial charge in [-0.2, -0.15) is 0 Å². The maximum atomic E-state index is 12.6. The summed E-state index contributed by atoms with van der Waals surface area (Å²) in [6.07, 6.45) is 14.8. The van der Waals surface area contributed by atoms with Crippen molar-refractivity contribution < 1.29 is 4.79 Å². The number of nitrogens with zero attached hydrogens (tertiary/aromatic N) is 2. The van der Waals surface area contributed by atoms with E-state index in [2.05, 4.69) is 42.2 Å². The molecular weight excluding hydrogens is 320 g/mol. The Bertz CT molecular complexity index is 681. The molecule has 1 amide bonds. The largest absolute Gasteiger partial charge is 0.372 e. The molecule has 2 aliphatic rings. The molecule has 1 unspecified atom stereocenters. The highest BCUT2D eigenvalue weighted by Gasteiger charge is 2.28. The average Bonchev–Trinajstić information content (AvgIpc) is 2.67. The molecule has 1 atom stereocenters. The van der Waals surface area contributed by atoms with Crippen molar-refractivity contribution in [2.75, 3.05) is 18.0 Å². The quantitative estimate of drug-likeness (QED) is 0.769. The van der Waals surface area contributed by atoms with Crippen LogP contribution in [0.5, 0.6) is 0 Å². The van der Waals surface area contributed by atoms with Crippen molar-refractivity contribution in [3.63, 3.8) is 0 Å². The normalized spacial score (nSPS) is 21.1. The Kier molecular flexibility index (Phi) is 6.32. The van der Waals surface area contributed by atoms with Crippen LogP contribution in [0.4, 0.5) is 5.69 Å². The number of likely N-dealkylation sites (tertiary alicyclic amines) is 1. The molecular formula is C23H30N2O. The summed E-state index contributed by atoms with van der Waals surface area (Å²) in [5.74, 6) is 0.807. The van der Waals surface area contributed by atoms with E-state index >= 15 is 0 Å². The summed E-state index contributed by atoms with van der Waals surface area (Å²) in [4.78, 5) is 17.1. The highest BCUT2D eigenvalue weighted by molar-refractivity contribution is 5.93. The SMILES string of the molecule is CCC(=O)N(c1ccccc1)C1CCN(C2=CCC(C)C=CC=C2)CC1. The number of carbonyl (C=O) groups excluding carboxylic acids is 1. The minimum absolute atomic E-state index is 0.221. The van der Waals surface area contributed by atoms with E-state index in [9.17, 15) is 4.79 Å². The zero-order valence-electron chi connectivity index (χ0n) is 16.0. The standard InChI is InChI=1S/C23H30N2O/c1-3-23(26)25(21-11-5-4-6-12-21)22-15-17-24(18-16-22)20-10-8-7-9-19(2)13-14-20/h4-12,14,19,22H,3,13,15-18H2,1-2H3. The lowest BCUT2D eigenvalue weighted by Crippen LogP contribution is -2.47. The molecule has 1 fully saturated rings. The molecule has 1 aromatic rings. The van der Waals surface area contributed by atoms with E-state index in [0.717, 1.165) is 38.0 Å². The fraction of sp³-hybridized carbons (Fsp3) is 0.435. The predicted octanol–water partition coefficient (Wildman–Crippen LogP) is 4.93. The summed E-state index contributed by atoms with van der Waals surface area (Å²) in [5, 5.41) is 0. The molecule has 3 heteroatoms. The van der Waals surface area contributed by atoms with Gasteiger partial charge in [0, 0.05) is 36.9 Å². The van der Waals surface area contributed by atoms with E-state index < -0.39 is 0 Å². The van der Waals surface area contributed by atoms with Gasteiger partial charge in [0.1, 0.15) is 0 Å². The van der Waals surface area contributed by atoms with Gasteiger partial charge in [-0.05, 0) is 43.4 Å². The molecule has 0 radical (unpaired) electrons. The maximum Gasteiger partial charge on any atom is 0.226 e. The van der Waals surface area contributed by atoms with E-state index in [1.165, 1.54) is 5.70 Å². The van der Waals surface area contributed by atoms with Crippen LogP contribution in [0.1, 0.15) is 39.5 Å². The van der Waals surface area contributed by atoms with Crippen LogP contribution in [0.25, 0.3) is 0 Å². The molecule has 0 aromatic heterocycles. The molecule has 1 saturated heterocycles. The number of allylic oxidation sites excluding steroid dienone is 5. The average molecular weight is 351 g/mol.